The topological polar surface area (TPSA) is 83.0 Å². The fourth-order valence-electron chi connectivity index (χ4n) is 5.68. The van der Waals surface area contributed by atoms with Gasteiger partial charge in [0.25, 0.3) is 0 Å². The van der Waals surface area contributed by atoms with Crippen molar-refractivity contribution in [2.75, 3.05) is 44.8 Å². The summed E-state index contributed by atoms with van der Waals surface area (Å²) in [5.41, 5.74) is 0.354. The highest BCUT2D eigenvalue weighted by atomic mass is 127. The third kappa shape index (κ3) is 5.03. The summed E-state index contributed by atoms with van der Waals surface area (Å²) in [6.45, 7) is 6.30. The standard InChI is InChI=1S/C20H36N4O3S.HI/c1-3-21-19(22-15-5-10-24(11-6-15)12-14-28(2,25)26)23-17-16-7-13-27-18(16)20(17)8-4-9-20;/h15-18H,3-14H2,1-2H3,(H2,21,22,23);1H. The number of likely N-dealkylation sites (tertiary alicyclic amines) is 1. The second-order valence-electron chi connectivity index (χ2n) is 9.17. The monoisotopic (exact) mass is 540 g/mol. The summed E-state index contributed by atoms with van der Waals surface area (Å²) in [7, 11) is -2.89. The minimum Gasteiger partial charge on any atom is -0.377 e. The van der Waals surface area contributed by atoms with Crippen LogP contribution in [-0.4, -0.2) is 82.3 Å². The number of fused-ring (bicyclic) bond motifs is 2. The van der Waals surface area contributed by atoms with E-state index in [9.17, 15) is 8.42 Å². The molecule has 0 bridgehead atoms. The molecule has 29 heavy (non-hydrogen) atoms. The molecule has 3 unspecified atom stereocenters. The van der Waals surface area contributed by atoms with Crippen LogP contribution < -0.4 is 10.6 Å². The Balaban J connectivity index is 0.00000240. The predicted molar refractivity (Wildman–Crippen MR) is 127 cm³/mol. The van der Waals surface area contributed by atoms with E-state index >= 15 is 0 Å². The predicted octanol–water partition coefficient (Wildman–Crippen LogP) is 1.63. The molecule has 4 fully saturated rings. The van der Waals surface area contributed by atoms with E-state index < -0.39 is 9.84 Å². The number of halogens is 1. The van der Waals surface area contributed by atoms with Crippen molar-refractivity contribution < 1.29 is 13.2 Å². The molecule has 0 aromatic rings. The average Bonchev–Trinajstić information content (AvgIpc) is 3.02. The average molecular weight is 541 g/mol. The highest BCUT2D eigenvalue weighted by molar-refractivity contribution is 14.0. The van der Waals surface area contributed by atoms with Crippen LogP contribution in [0.5, 0.6) is 0 Å². The zero-order chi connectivity index (χ0) is 19.8. The first-order valence-corrected chi connectivity index (χ1v) is 13.1. The minimum atomic E-state index is -2.89. The van der Waals surface area contributed by atoms with E-state index in [-0.39, 0.29) is 29.7 Å². The number of nitrogens with one attached hydrogen (secondary N) is 2. The molecular weight excluding hydrogens is 503 g/mol. The lowest BCUT2D eigenvalue weighted by molar-refractivity contribution is -0.171. The van der Waals surface area contributed by atoms with Gasteiger partial charge in [-0.05, 0) is 39.0 Å². The molecular formula is C20H37IN4O3S. The maximum absolute atomic E-state index is 11.4. The first-order valence-electron chi connectivity index (χ1n) is 11.0. The summed E-state index contributed by atoms with van der Waals surface area (Å²) in [6.07, 6.45) is 8.90. The summed E-state index contributed by atoms with van der Waals surface area (Å²) < 4.78 is 28.8. The Labute approximate surface area is 192 Å². The van der Waals surface area contributed by atoms with Gasteiger partial charge in [0.2, 0.25) is 0 Å². The van der Waals surface area contributed by atoms with Crippen LogP contribution in [0.4, 0.5) is 0 Å². The number of nitrogens with zero attached hydrogens (tertiary/aromatic N) is 2. The Morgan fingerprint density at radius 3 is 2.52 bits per heavy atom. The molecule has 0 radical (unpaired) electrons. The van der Waals surface area contributed by atoms with E-state index in [2.05, 4.69) is 22.5 Å². The van der Waals surface area contributed by atoms with E-state index in [1.807, 2.05) is 0 Å². The Morgan fingerprint density at radius 1 is 1.21 bits per heavy atom. The Bertz CT molecular complexity index is 690. The molecule has 168 valence electrons. The van der Waals surface area contributed by atoms with Gasteiger partial charge in [0.05, 0.1) is 11.9 Å². The van der Waals surface area contributed by atoms with Crippen LogP contribution in [0.25, 0.3) is 0 Å². The molecule has 4 rings (SSSR count). The van der Waals surface area contributed by atoms with Crippen LogP contribution in [0.1, 0.15) is 45.4 Å². The summed E-state index contributed by atoms with van der Waals surface area (Å²) >= 11 is 0. The second kappa shape index (κ2) is 9.56. The SMILES string of the molecule is CCN=C(NC1CCN(CCS(C)(=O)=O)CC1)NC1C2CCOC2C12CCC2.I. The van der Waals surface area contributed by atoms with Crippen LogP contribution >= 0.6 is 24.0 Å². The third-order valence-corrected chi connectivity index (χ3v) is 8.28. The Kier molecular flexibility index (Phi) is 7.76. The zero-order valence-electron chi connectivity index (χ0n) is 17.7. The second-order valence-corrected chi connectivity index (χ2v) is 11.4. The van der Waals surface area contributed by atoms with Crippen molar-refractivity contribution in [1.82, 2.24) is 15.5 Å². The quantitative estimate of drug-likeness (QED) is 0.303. The Hall–Kier alpha value is -0.130. The van der Waals surface area contributed by atoms with E-state index in [0.29, 0.717) is 36.1 Å². The van der Waals surface area contributed by atoms with E-state index in [1.54, 1.807) is 0 Å². The lowest BCUT2D eigenvalue weighted by Crippen LogP contribution is -2.72. The van der Waals surface area contributed by atoms with Gasteiger partial charge in [0.15, 0.2) is 5.96 Å². The van der Waals surface area contributed by atoms with Gasteiger partial charge in [-0.2, -0.15) is 0 Å². The number of aliphatic imine (C=N–C) groups is 1. The van der Waals surface area contributed by atoms with E-state index in [1.165, 1.54) is 31.9 Å². The number of sulfone groups is 1. The first-order chi connectivity index (χ1) is 13.4. The molecule has 7 nitrogen and oxygen atoms in total. The molecule has 9 heteroatoms. The molecule has 3 atom stereocenters. The van der Waals surface area contributed by atoms with Gasteiger partial charge in [-0.3, -0.25) is 4.99 Å². The number of hydrogen-bond donors (Lipinski definition) is 2. The van der Waals surface area contributed by atoms with Gasteiger partial charge in [0.1, 0.15) is 9.84 Å². The summed E-state index contributed by atoms with van der Waals surface area (Å²) in [5, 5.41) is 7.46. The molecule has 2 heterocycles. The molecule has 0 amide bonds. The molecule has 4 aliphatic rings. The summed E-state index contributed by atoms with van der Waals surface area (Å²) in [6, 6.07) is 0.904. The van der Waals surface area contributed by atoms with Gasteiger partial charge in [-0.15, -0.1) is 24.0 Å². The maximum Gasteiger partial charge on any atom is 0.191 e. The van der Waals surface area contributed by atoms with Gasteiger partial charge in [0, 0.05) is 62.5 Å². The fourth-order valence-corrected chi connectivity index (χ4v) is 6.27. The van der Waals surface area contributed by atoms with Crippen molar-refractivity contribution in [3.8, 4) is 0 Å². The molecule has 2 aliphatic carbocycles. The van der Waals surface area contributed by atoms with Crippen molar-refractivity contribution in [1.29, 1.82) is 0 Å². The molecule has 2 N–H and O–H groups in total. The van der Waals surface area contributed by atoms with Gasteiger partial charge in [-0.25, -0.2) is 8.42 Å². The molecule has 2 saturated heterocycles. The fraction of sp³-hybridized carbons (Fsp3) is 0.950. The van der Waals surface area contributed by atoms with Crippen molar-refractivity contribution >= 4 is 39.8 Å². The summed E-state index contributed by atoms with van der Waals surface area (Å²) in [5.74, 6) is 1.85. The largest absolute Gasteiger partial charge is 0.377 e. The minimum absolute atomic E-state index is 0. The highest BCUT2D eigenvalue weighted by Gasteiger charge is 2.66. The number of guanidine groups is 1. The van der Waals surface area contributed by atoms with Gasteiger partial charge < -0.3 is 20.3 Å². The van der Waals surface area contributed by atoms with Crippen molar-refractivity contribution in [2.45, 2.75) is 63.6 Å². The van der Waals surface area contributed by atoms with Crippen LogP contribution in [0.3, 0.4) is 0 Å². The third-order valence-electron chi connectivity index (χ3n) is 7.35. The summed E-state index contributed by atoms with van der Waals surface area (Å²) in [4.78, 5) is 6.99. The van der Waals surface area contributed by atoms with E-state index in [4.69, 9.17) is 9.73 Å². The molecule has 2 saturated carbocycles. The normalized spacial score (nSPS) is 32.1. The lowest BCUT2D eigenvalue weighted by atomic mass is 9.46. The molecule has 0 aromatic carbocycles. The highest BCUT2D eigenvalue weighted by Crippen LogP contribution is 2.62. The van der Waals surface area contributed by atoms with Gasteiger partial charge in [-0.1, -0.05) is 6.42 Å². The first kappa shape index (κ1) is 23.5. The Morgan fingerprint density at radius 2 is 1.93 bits per heavy atom. The molecule has 0 aromatic heterocycles. The molecule has 2 aliphatic heterocycles. The van der Waals surface area contributed by atoms with Gasteiger partial charge >= 0.3 is 0 Å². The zero-order valence-corrected chi connectivity index (χ0v) is 20.9. The number of hydrogen-bond acceptors (Lipinski definition) is 5. The lowest BCUT2D eigenvalue weighted by Gasteiger charge is -2.63. The van der Waals surface area contributed by atoms with Crippen LogP contribution in [0.15, 0.2) is 4.99 Å². The number of piperidine rings is 1. The van der Waals surface area contributed by atoms with Crippen LogP contribution in [0, 0.1) is 11.3 Å². The van der Waals surface area contributed by atoms with Crippen LogP contribution in [-0.2, 0) is 14.6 Å². The van der Waals surface area contributed by atoms with E-state index in [0.717, 1.165) is 45.0 Å². The smallest absolute Gasteiger partial charge is 0.191 e. The van der Waals surface area contributed by atoms with Crippen molar-refractivity contribution in [3.63, 3.8) is 0 Å². The maximum atomic E-state index is 11.4. The van der Waals surface area contributed by atoms with Crippen molar-refractivity contribution in [3.05, 3.63) is 0 Å². The van der Waals surface area contributed by atoms with Crippen molar-refractivity contribution in [2.24, 2.45) is 16.3 Å². The molecule has 1 spiro atoms. The number of rotatable bonds is 6. The number of ether oxygens (including phenoxy) is 1. The van der Waals surface area contributed by atoms with Crippen LogP contribution in [0.2, 0.25) is 0 Å².